The summed E-state index contributed by atoms with van der Waals surface area (Å²) in [6.07, 6.45) is 1.75. The van der Waals surface area contributed by atoms with E-state index in [1.807, 2.05) is 12.1 Å². The molecule has 3 nitrogen and oxygen atoms in total. The Morgan fingerprint density at radius 1 is 1.59 bits per heavy atom. The Balaban J connectivity index is 2.46. The van der Waals surface area contributed by atoms with Crippen LogP contribution in [0.3, 0.4) is 0 Å². The van der Waals surface area contributed by atoms with Crippen LogP contribution < -0.4 is 0 Å². The second-order valence-corrected chi connectivity index (χ2v) is 4.75. The van der Waals surface area contributed by atoms with Gasteiger partial charge >= 0.3 is 5.97 Å². The number of carbonyl (C=O) groups is 1. The van der Waals surface area contributed by atoms with Crippen molar-refractivity contribution < 1.29 is 9.53 Å². The van der Waals surface area contributed by atoms with Crippen LogP contribution in [0.15, 0.2) is 18.2 Å². The molecule has 1 aromatic rings. The molecule has 0 unspecified atom stereocenters. The van der Waals surface area contributed by atoms with E-state index in [-0.39, 0.29) is 11.4 Å². The van der Waals surface area contributed by atoms with E-state index in [2.05, 4.69) is 22.0 Å². The summed E-state index contributed by atoms with van der Waals surface area (Å²) < 4.78 is 4.76. The van der Waals surface area contributed by atoms with Gasteiger partial charge < -0.3 is 4.74 Å². The number of nitriles is 1. The summed E-state index contributed by atoms with van der Waals surface area (Å²) >= 11 is 3.34. The molecule has 1 aliphatic rings. The molecule has 0 heterocycles. The maximum absolute atomic E-state index is 11.7. The number of nitrogens with zero attached hydrogens (tertiary/aromatic N) is 1. The predicted molar refractivity (Wildman–Crippen MR) is 66.9 cm³/mol. The molecule has 0 aliphatic heterocycles. The van der Waals surface area contributed by atoms with Gasteiger partial charge in [0, 0.05) is 5.33 Å². The molecular weight excluding hydrogens is 282 g/mol. The first-order chi connectivity index (χ1) is 8.16. The van der Waals surface area contributed by atoms with Crippen molar-refractivity contribution in [2.45, 2.75) is 23.6 Å². The van der Waals surface area contributed by atoms with E-state index in [4.69, 9.17) is 10.00 Å². The number of hydrogen-bond donors (Lipinski definition) is 0. The molecule has 2 rings (SSSR count). The lowest BCUT2D eigenvalue weighted by Gasteiger charge is -2.11. The van der Waals surface area contributed by atoms with Crippen LogP contribution >= 0.6 is 15.9 Å². The van der Waals surface area contributed by atoms with Crippen molar-refractivity contribution in [3.8, 4) is 6.07 Å². The summed E-state index contributed by atoms with van der Waals surface area (Å²) in [6.45, 7) is 0. The number of halogens is 1. The Morgan fingerprint density at radius 2 is 2.29 bits per heavy atom. The van der Waals surface area contributed by atoms with Crippen LogP contribution in [0.25, 0.3) is 0 Å². The Labute approximate surface area is 109 Å². The van der Waals surface area contributed by atoms with Crippen LogP contribution in [0.2, 0.25) is 0 Å². The highest BCUT2D eigenvalue weighted by atomic mass is 79.9. The van der Waals surface area contributed by atoms with Crippen molar-refractivity contribution in [2.75, 3.05) is 7.11 Å². The fraction of sp³-hybridized carbons (Fsp3) is 0.385. The zero-order valence-electron chi connectivity index (χ0n) is 9.50. The summed E-state index contributed by atoms with van der Waals surface area (Å²) in [6, 6.07) is 7.93. The second kappa shape index (κ2) is 4.50. The molecule has 1 saturated carbocycles. The molecule has 1 aromatic carbocycles. The first kappa shape index (κ1) is 12.1. The van der Waals surface area contributed by atoms with Crippen LogP contribution in [0, 0.1) is 11.3 Å². The maximum Gasteiger partial charge on any atom is 0.338 e. The van der Waals surface area contributed by atoms with Gasteiger partial charge in [0.1, 0.15) is 0 Å². The topological polar surface area (TPSA) is 50.1 Å². The number of alkyl halides is 1. The Bertz CT molecular complexity index is 501. The van der Waals surface area contributed by atoms with Gasteiger partial charge in [-0.3, -0.25) is 0 Å². The van der Waals surface area contributed by atoms with E-state index >= 15 is 0 Å². The Kier molecular flexibility index (Phi) is 3.21. The number of rotatable bonds is 3. The molecule has 0 bridgehead atoms. The van der Waals surface area contributed by atoms with E-state index in [1.54, 1.807) is 6.07 Å². The SMILES string of the molecule is COC(=O)c1cc(C2(C#N)CC2)ccc1CBr. The average Bonchev–Trinajstić information content (AvgIpc) is 3.18. The van der Waals surface area contributed by atoms with Crippen molar-refractivity contribution in [2.24, 2.45) is 0 Å². The minimum Gasteiger partial charge on any atom is -0.465 e. The normalized spacial score (nSPS) is 16.1. The summed E-state index contributed by atoms with van der Waals surface area (Å²) in [5.41, 5.74) is 1.98. The van der Waals surface area contributed by atoms with Gasteiger partial charge in [-0.1, -0.05) is 28.1 Å². The monoisotopic (exact) mass is 293 g/mol. The molecule has 4 heteroatoms. The van der Waals surface area contributed by atoms with Crippen molar-refractivity contribution in [3.63, 3.8) is 0 Å². The van der Waals surface area contributed by atoms with E-state index in [0.717, 1.165) is 24.0 Å². The molecule has 17 heavy (non-hydrogen) atoms. The molecule has 0 amide bonds. The third-order valence-electron chi connectivity index (χ3n) is 3.18. The van der Waals surface area contributed by atoms with Gasteiger partial charge in [0.2, 0.25) is 0 Å². The van der Waals surface area contributed by atoms with Crippen molar-refractivity contribution in [3.05, 3.63) is 34.9 Å². The fourth-order valence-corrected chi connectivity index (χ4v) is 2.37. The summed E-state index contributed by atoms with van der Waals surface area (Å²) in [5, 5.41) is 9.74. The zero-order chi connectivity index (χ0) is 12.5. The molecule has 1 aliphatic carbocycles. The van der Waals surface area contributed by atoms with E-state index in [9.17, 15) is 4.79 Å². The van der Waals surface area contributed by atoms with E-state index < -0.39 is 0 Å². The van der Waals surface area contributed by atoms with Gasteiger partial charge in [-0.15, -0.1) is 0 Å². The molecule has 0 saturated heterocycles. The van der Waals surface area contributed by atoms with Crippen LogP contribution in [0.4, 0.5) is 0 Å². The Morgan fingerprint density at radius 3 is 2.76 bits per heavy atom. The third-order valence-corrected chi connectivity index (χ3v) is 3.78. The third kappa shape index (κ3) is 2.07. The van der Waals surface area contributed by atoms with Gasteiger partial charge in [-0.25, -0.2) is 4.79 Å². The minimum atomic E-state index is -0.367. The molecule has 0 radical (unpaired) electrons. The molecule has 0 atom stereocenters. The van der Waals surface area contributed by atoms with Gasteiger partial charge in [0.25, 0.3) is 0 Å². The lowest BCUT2D eigenvalue weighted by atomic mass is 9.94. The summed E-state index contributed by atoms with van der Waals surface area (Å²) in [5.74, 6) is -0.352. The van der Waals surface area contributed by atoms with Crippen LogP contribution in [0.1, 0.15) is 34.3 Å². The molecular formula is C13H12BrNO2. The van der Waals surface area contributed by atoms with Crippen molar-refractivity contribution in [1.82, 2.24) is 0 Å². The standard InChI is InChI=1S/C13H12BrNO2/c1-17-12(16)11-6-10(3-2-9(11)7-14)13(8-15)4-5-13/h2-3,6H,4-5,7H2,1H3. The van der Waals surface area contributed by atoms with E-state index in [0.29, 0.717) is 10.9 Å². The molecule has 0 spiro atoms. The van der Waals surface area contributed by atoms with Gasteiger partial charge in [-0.05, 0) is 30.0 Å². The van der Waals surface area contributed by atoms with Crippen LogP contribution in [-0.2, 0) is 15.5 Å². The number of carbonyl (C=O) groups excluding carboxylic acids is 1. The largest absolute Gasteiger partial charge is 0.465 e. The van der Waals surface area contributed by atoms with Crippen molar-refractivity contribution in [1.29, 1.82) is 5.26 Å². The van der Waals surface area contributed by atoms with Crippen LogP contribution in [0.5, 0.6) is 0 Å². The Hall–Kier alpha value is -1.34. The van der Waals surface area contributed by atoms with Gasteiger partial charge in [-0.2, -0.15) is 5.26 Å². The van der Waals surface area contributed by atoms with Crippen LogP contribution in [-0.4, -0.2) is 13.1 Å². The molecule has 0 aromatic heterocycles. The van der Waals surface area contributed by atoms with Gasteiger partial charge in [0.15, 0.2) is 0 Å². The highest BCUT2D eigenvalue weighted by Gasteiger charge is 2.45. The lowest BCUT2D eigenvalue weighted by Crippen LogP contribution is -2.09. The summed E-state index contributed by atoms with van der Waals surface area (Å²) in [4.78, 5) is 11.7. The fourth-order valence-electron chi connectivity index (χ4n) is 1.88. The highest BCUT2D eigenvalue weighted by Crippen LogP contribution is 2.47. The number of hydrogen-bond acceptors (Lipinski definition) is 3. The minimum absolute atomic E-state index is 0.352. The molecule has 1 fully saturated rings. The zero-order valence-corrected chi connectivity index (χ0v) is 11.1. The number of esters is 1. The quantitative estimate of drug-likeness (QED) is 0.636. The first-order valence-electron chi connectivity index (χ1n) is 5.36. The maximum atomic E-state index is 11.7. The van der Waals surface area contributed by atoms with Gasteiger partial charge in [0.05, 0.1) is 24.2 Å². The lowest BCUT2D eigenvalue weighted by molar-refractivity contribution is 0.0599. The summed E-state index contributed by atoms with van der Waals surface area (Å²) in [7, 11) is 1.37. The predicted octanol–water partition coefficient (Wildman–Crippen LogP) is 2.92. The average molecular weight is 294 g/mol. The smallest absolute Gasteiger partial charge is 0.338 e. The number of benzene rings is 1. The second-order valence-electron chi connectivity index (χ2n) is 4.19. The van der Waals surface area contributed by atoms with Crippen molar-refractivity contribution >= 4 is 21.9 Å². The highest BCUT2D eigenvalue weighted by molar-refractivity contribution is 9.08. The molecule has 88 valence electrons. The molecule has 0 N–H and O–H groups in total. The number of methoxy groups -OCH3 is 1. The van der Waals surface area contributed by atoms with E-state index in [1.165, 1.54) is 7.11 Å². The first-order valence-corrected chi connectivity index (χ1v) is 6.48. The number of ether oxygens (including phenoxy) is 1.